The maximum atomic E-state index is 12.1. The molecule has 19 heavy (non-hydrogen) atoms. The average Bonchev–Trinajstić information content (AvgIpc) is 2.62. The molecule has 100 valence electrons. The molecule has 6 heteroatoms. The Hall–Kier alpha value is -1.36. The van der Waals surface area contributed by atoms with E-state index in [4.69, 9.17) is 28.9 Å². The molecule has 0 saturated heterocycles. The molecule has 0 unspecified atom stereocenters. The minimum atomic E-state index is -0.604. The number of nitrogens with zero attached hydrogens (tertiary/aromatic N) is 1. The number of benzene rings is 1. The molecule has 0 spiro atoms. The molecule has 2 amide bonds. The van der Waals surface area contributed by atoms with Gasteiger partial charge in [-0.1, -0.05) is 48.3 Å². The molecule has 0 aromatic heterocycles. The smallest absolute Gasteiger partial charge is 0.278 e. The largest absolute Gasteiger partial charge is 0.326 e. The van der Waals surface area contributed by atoms with E-state index in [1.165, 1.54) is 0 Å². The molecule has 4 nitrogen and oxygen atoms in total. The molecule has 1 aromatic rings. The van der Waals surface area contributed by atoms with E-state index in [9.17, 15) is 9.59 Å². The fraction of sp³-hybridized carbons (Fsp3) is 0.231. The summed E-state index contributed by atoms with van der Waals surface area (Å²) >= 11 is 11.5. The minimum absolute atomic E-state index is 0.218. The number of halogens is 2. The highest BCUT2D eigenvalue weighted by Crippen LogP contribution is 2.35. The van der Waals surface area contributed by atoms with Crippen LogP contribution in [0.1, 0.15) is 18.1 Å². The van der Waals surface area contributed by atoms with Gasteiger partial charge in [0.15, 0.2) is 0 Å². The van der Waals surface area contributed by atoms with Crippen molar-refractivity contribution in [2.45, 2.75) is 19.9 Å². The number of rotatable bonds is 3. The molecular weight excluding hydrogens is 287 g/mol. The predicted molar refractivity (Wildman–Crippen MR) is 74.9 cm³/mol. The first-order valence-electron chi connectivity index (χ1n) is 5.77. The number of anilines is 1. The van der Waals surface area contributed by atoms with E-state index in [1.807, 2.05) is 19.1 Å². The maximum Gasteiger partial charge on any atom is 0.278 e. The number of nitrogens with two attached hydrogens (primary N) is 1. The zero-order chi connectivity index (χ0) is 14.2. The summed E-state index contributed by atoms with van der Waals surface area (Å²) in [7, 11) is 0. The Morgan fingerprint density at radius 1 is 1.11 bits per heavy atom. The van der Waals surface area contributed by atoms with E-state index in [1.54, 1.807) is 6.07 Å². The summed E-state index contributed by atoms with van der Waals surface area (Å²) in [4.78, 5) is 25.1. The third-order valence-corrected chi connectivity index (χ3v) is 3.80. The van der Waals surface area contributed by atoms with Gasteiger partial charge in [0.1, 0.15) is 10.1 Å². The first kappa shape index (κ1) is 14.1. The molecule has 0 bridgehead atoms. The minimum Gasteiger partial charge on any atom is -0.326 e. The molecule has 2 rings (SSSR count). The number of amides is 2. The third kappa shape index (κ3) is 2.16. The monoisotopic (exact) mass is 298 g/mol. The predicted octanol–water partition coefficient (Wildman–Crippen LogP) is 2.27. The van der Waals surface area contributed by atoms with Crippen molar-refractivity contribution < 1.29 is 9.59 Å². The highest BCUT2D eigenvalue weighted by molar-refractivity contribution is 6.62. The summed E-state index contributed by atoms with van der Waals surface area (Å²) in [6, 6.07) is 5.45. The van der Waals surface area contributed by atoms with Crippen LogP contribution in [-0.4, -0.2) is 11.8 Å². The molecular formula is C13H12Cl2N2O2. The molecule has 0 radical (unpaired) electrons. The number of imide groups is 1. The standard InChI is InChI=1S/C13H12Cl2N2O2/c1-2-7-4-3-5-8(6-16)11(7)17-12(18)9(14)10(15)13(17)19/h3-5H,2,6,16H2,1H3. The number of para-hydroxylation sites is 1. The van der Waals surface area contributed by atoms with Crippen LogP contribution in [0.2, 0.25) is 0 Å². The molecule has 2 N–H and O–H groups in total. The molecule has 1 aliphatic rings. The Morgan fingerprint density at radius 2 is 1.63 bits per heavy atom. The van der Waals surface area contributed by atoms with E-state index < -0.39 is 11.8 Å². The molecule has 1 aliphatic heterocycles. The SMILES string of the molecule is CCc1cccc(CN)c1N1C(=O)C(Cl)=C(Cl)C1=O. The number of carbonyl (C=O) groups is 2. The van der Waals surface area contributed by atoms with Crippen molar-refractivity contribution in [1.29, 1.82) is 0 Å². The van der Waals surface area contributed by atoms with E-state index in [2.05, 4.69) is 0 Å². The van der Waals surface area contributed by atoms with Gasteiger partial charge in [-0.25, -0.2) is 4.90 Å². The molecule has 0 atom stereocenters. The van der Waals surface area contributed by atoms with Gasteiger partial charge >= 0.3 is 0 Å². The second-order valence-electron chi connectivity index (χ2n) is 4.06. The van der Waals surface area contributed by atoms with E-state index in [0.29, 0.717) is 17.7 Å². The molecule has 0 aliphatic carbocycles. The third-order valence-electron chi connectivity index (χ3n) is 3.00. The van der Waals surface area contributed by atoms with E-state index in [-0.39, 0.29) is 16.6 Å². The zero-order valence-corrected chi connectivity index (χ0v) is 11.8. The maximum absolute atomic E-state index is 12.1. The normalized spacial score (nSPS) is 15.7. The molecule has 1 heterocycles. The topological polar surface area (TPSA) is 63.4 Å². The van der Waals surface area contributed by atoms with Crippen LogP contribution < -0.4 is 10.6 Å². The van der Waals surface area contributed by atoms with Crippen LogP contribution in [0.25, 0.3) is 0 Å². The molecule has 0 fully saturated rings. The summed E-state index contributed by atoms with van der Waals surface area (Å²) in [5.41, 5.74) is 7.72. The van der Waals surface area contributed by atoms with Crippen LogP contribution in [0.5, 0.6) is 0 Å². The Balaban J connectivity index is 2.61. The lowest BCUT2D eigenvalue weighted by molar-refractivity contribution is -0.120. The van der Waals surface area contributed by atoms with Gasteiger partial charge in [0.05, 0.1) is 5.69 Å². The highest BCUT2D eigenvalue weighted by atomic mass is 35.5. The molecule has 1 aromatic carbocycles. The zero-order valence-electron chi connectivity index (χ0n) is 10.2. The summed E-state index contributed by atoms with van der Waals surface area (Å²) < 4.78 is 0. The van der Waals surface area contributed by atoms with Crippen LogP contribution in [-0.2, 0) is 22.6 Å². The van der Waals surface area contributed by atoms with Gasteiger partial charge in [-0.2, -0.15) is 0 Å². The van der Waals surface area contributed by atoms with Crippen molar-refractivity contribution in [3.05, 3.63) is 39.4 Å². The fourth-order valence-corrected chi connectivity index (χ4v) is 2.39. The van der Waals surface area contributed by atoms with Gasteiger partial charge in [0.2, 0.25) is 0 Å². The summed E-state index contributed by atoms with van der Waals surface area (Å²) in [6.07, 6.45) is 0.662. The molecule has 0 saturated carbocycles. The lowest BCUT2D eigenvalue weighted by Crippen LogP contribution is -2.33. The Kier molecular flexibility index (Phi) is 3.94. The van der Waals surface area contributed by atoms with Gasteiger partial charge in [-0.05, 0) is 17.5 Å². The number of carbonyl (C=O) groups excluding carboxylic acids is 2. The van der Waals surface area contributed by atoms with Gasteiger partial charge in [0, 0.05) is 6.54 Å². The van der Waals surface area contributed by atoms with Crippen molar-refractivity contribution in [2.75, 3.05) is 4.90 Å². The average molecular weight is 299 g/mol. The van der Waals surface area contributed by atoms with Crippen LogP contribution in [0.4, 0.5) is 5.69 Å². The number of hydrogen-bond donors (Lipinski definition) is 1. The van der Waals surface area contributed by atoms with Crippen molar-refractivity contribution in [3.8, 4) is 0 Å². The van der Waals surface area contributed by atoms with Crippen molar-refractivity contribution in [2.24, 2.45) is 5.73 Å². The summed E-state index contributed by atoms with van der Waals surface area (Å²) in [5, 5.41) is -0.499. The van der Waals surface area contributed by atoms with Crippen molar-refractivity contribution >= 4 is 40.7 Å². The van der Waals surface area contributed by atoms with Gasteiger partial charge < -0.3 is 5.73 Å². The summed E-state index contributed by atoms with van der Waals surface area (Å²) in [6.45, 7) is 2.15. The first-order chi connectivity index (χ1) is 9.02. The Labute approximate surface area is 120 Å². The first-order valence-corrected chi connectivity index (χ1v) is 6.53. The lowest BCUT2D eigenvalue weighted by Gasteiger charge is -2.21. The lowest BCUT2D eigenvalue weighted by atomic mass is 10.0. The van der Waals surface area contributed by atoms with Crippen molar-refractivity contribution in [3.63, 3.8) is 0 Å². The van der Waals surface area contributed by atoms with Crippen LogP contribution in [0.3, 0.4) is 0 Å². The fourth-order valence-electron chi connectivity index (χ4n) is 2.06. The van der Waals surface area contributed by atoms with Crippen LogP contribution >= 0.6 is 23.2 Å². The van der Waals surface area contributed by atoms with E-state index in [0.717, 1.165) is 10.5 Å². The van der Waals surface area contributed by atoms with Crippen LogP contribution in [0.15, 0.2) is 28.3 Å². The van der Waals surface area contributed by atoms with Gasteiger partial charge in [-0.3, -0.25) is 9.59 Å². The quantitative estimate of drug-likeness (QED) is 0.871. The number of aryl methyl sites for hydroxylation is 1. The Morgan fingerprint density at radius 3 is 2.11 bits per heavy atom. The summed E-state index contributed by atoms with van der Waals surface area (Å²) in [5.74, 6) is -1.21. The number of hydrogen-bond acceptors (Lipinski definition) is 3. The van der Waals surface area contributed by atoms with Gasteiger partial charge in [0.25, 0.3) is 11.8 Å². The van der Waals surface area contributed by atoms with Crippen LogP contribution in [0, 0.1) is 0 Å². The second-order valence-corrected chi connectivity index (χ2v) is 4.81. The highest BCUT2D eigenvalue weighted by Gasteiger charge is 2.39. The Bertz CT molecular complexity index is 550. The van der Waals surface area contributed by atoms with Gasteiger partial charge in [-0.15, -0.1) is 0 Å². The van der Waals surface area contributed by atoms with E-state index >= 15 is 0 Å². The van der Waals surface area contributed by atoms with Crippen molar-refractivity contribution in [1.82, 2.24) is 0 Å². The second kappa shape index (κ2) is 5.33.